The molecule has 0 bridgehead atoms. The molecule has 2 nitrogen and oxygen atoms in total. The van der Waals surface area contributed by atoms with E-state index < -0.39 is 0 Å². The van der Waals surface area contributed by atoms with Crippen molar-refractivity contribution in [2.24, 2.45) is 11.3 Å². The van der Waals surface area contributed by atoms with Crippen LogP contribution >= 0.6 is 11.6 Å². The SMILES string of the molecule is CNC(CC(C)C(C)(C)C)c1ccc(OC)c(Cl)c1. The standard InChI is InChI=1S/C16H26ClNO/c1-11(16(2,3)4)9-14(18-5)12-7-8-15(19-6)13(17)10-12/h7-8,10-11,14,18H,9H2,1-6H3. The molecule has 1 aromatic carbocycles. The number of halogens is 1. The fraction of sp³-hybridized carbons (Fsp3) is 0.625. The molecule has 1 N–H and O–H groups in total. The summed E-state index contributed by atoms with van der Waals surface area (Å²) in [5.41, 5.74) is 1.52. The maximum atomic E-state index is 6.20. The maximum Gasteiger partial charge on any atom is 0.137 e. The first-order valence-electron chi connectivity index (χ1n) is 6.80. The molecule has 0 radical (unpaired) electrons. The summed E-state index contributed by atoms with van der Waals surface area (Å²) in [6, 6.07) is 6.33. The Labute approximate surface area is 122 Å². The van der Waals surface area contributed by atoms with Gasteiger partial charge in [0.25, 0.3) is 0 Å². The van der Waals surface area contributed by atoms with Crippen LogP contribution in [-0.4, -0.2) is 14.2 Å². The van der Waals surface area contributed by atoms with Crippen LogP contribution in [0.1, 0.15) is 45.7 Å². The molecule has 0 spiro atoms. The summed E-state index contributed by atoms with van der Waals surface area (Å²) in [5.74, 6) is 1.34. The third-order valence-electron chi connectivity index (χ3n) is 3.99. The van der Waals surface area contributed by atoms with Crippen molar-refractivity contribution in [1.82, 2.24) is 5.32 Å². The van der Waals surface area contributed by atoms with Gasteiger partial charge in [0.05, 0.1) is 12.1 Å². The molecule has 1 rings (SSSR count). The Kier molecular flexibility index (Phi) is 5.69. The van der Waals surface area contributed by atoms with Gasteiger partial charge in [0.1, 0.15) is 5.75 Å². The van der Waals surface area contributed by atoms with E-state index in [0.717, 1.165) is 12.2 Å². The summed E-state index contributed by atoms with van der Waals surface area (Å²) in [5, 5.41) is 4.06. The molecule has 0 aromatic heterocycles. The fourth-order valence-electron chi connectivity index (χ4n) is 2.03. The van der Waals surface area contributed by atoms with Gasteiger partial charge in [0, 0.05) is 6.04 Å². The molecular formula is C16H26ClNO. The smallest absolute Gasteiger partial charge is 0.137 e. The monoisotopic (exact) mass is 283 g/mol. The molecular weight excluding hydrogens is 258 g/mol. The van der Waals surface area contributed by atoms with Crippen LogP contribution in [0.5, 0.6) is 5.75 Å². The quantitative estimate of drug-likeness (QED) is 0.847. The summed E-state index contributed by atoms with van der Waals surface area (Å²) in [6.45, 7) is 9.15. The topological polar surface area (TPSA) is 21.3 Å². The predicted molar refractivity (Wildman–Crippen MR) is 83.0 cm³/mol. The molecule has 0 saturated heterocycles. The zero-order chi connectivity index (χ0) is 14.6. The second-order valence-corrected chi connectivity index (χ2v) is 6.65. The van der Waals surface area contributed by atoms with Crippen LogP contribution in [0.2, 0.25) is 5.02 Å². The summed E-state index contributed by atoms with van der Waals surface area (Å²) in [6.07, 6.45) is 1.09. The van der Waals surface area contributed by atoms with Gasteiger partial charge in [-0.2, -0.15) is 0 Å². The maximum absolute atomic E-state index is 6.20. The van der Waals surface area contributed by atoms with Gasteiger partial charge in [-0.25, -0.2) is 0 Å². The Bertz CT molecular complexity index is 412. The van der Waals surface area contributed by atoms with Crippen molar-refractivity contribution in [3.05, 3.63) is 28.8 Å². The molecule has 0 aliphatic rings. The van der Waals surface area contributed by atoms with E-state index >= 15 is 0 Å². The van der Waals surface area contributed by atoms with Crippen molar-refractivity contribution >= 4 is 11.6 Å². The Hall–Kier alpha value is -0.730. The molecule has 0 saturated carbocycles. The third-order valence-corrected chi connectivity index (χ3v) is 4.29. The average molecular weight is 284 g/mol. The van der Waals surface area contributed by atoms with Crippen LogP contribution in [0.3, 0.4) is 0 Å². The van der Waals surface area contributed by atoms with Crippen LogP contribution in [0.25, 0.3) is 0 Å². The van der Waals surface area contributed by atoms with Gasteiger partial charge < -0.3 is 10.1 Å². The highest BCUT2D eigenvalue weighted by molar-refractivity contribution is 6.32. The van der Waals surface area contributed by atoms with Gasteiger partial charge in [-0.15, -0.1) is 0 Å². The van der Waals surface area contributed by atoms with E-state index in [0.29, 0.717) is 22.4 Å². The number of hydrogen-bond donors (Lipinski definition) is 1. The predicted octanol–water partition coefficient (Wildman–Crippen LogP) is 4.68. The molecule has 2 atom stereocenters. The van der Waals surface area contributed by atoms with Gasteiger partial charge in [-0.05, 0) is 42.5 Å². The summed E-state index contributed by atoms with van der Waals surface area (Å²) < 4.78 is 5.20. The highest BCUT2D eigenvalue weighted by Crippen LogP contribution is 2.35. The second-order valence-electron chi connectivity index (χ2n) is 6.24. The first-order valence-corrected chi connectivity index (χ1v) is 7.18. The third kappa shape index (κ3) is 4.39. The zero-order valence-corrected chi connectivity index (χ0v) is 13.6. The fourth-order valence-corrected chi connectivity index (χ4v) is 2.29. The van der Waals surface area contributed by atoms with Crippen LogP contribution in [0.15, 0.2) is 18.2 Å². The van der Waals surface area contributed by atoms with Crippen LogP contribution in [0, 0.1) is 11.3 Å². The molecule has 0 heterocycles. The van der Waals surface area contributed by atoms with E-state index in [4.69, 9.17) is 16.3 Å². The van der Waals surface area contributed by atoms with E-state index in [1.165, 1.54) is 5.56 Å². The normalized spacial score (nSPS) is 15.1. The lowest BCUT2D eigenvalue weighted by Gasteiger charge is -2.31. The number of nitrogens with one attached hydrogen (secondary N) is 1. The minimum Gasteiger partial charge on any atom is -0.495 e. The summed E-state index contributed by atoms with van der Waals surface area (Å²) >= 11 is 6.20. The Morgan fingerprint density at radius 2 is 1.95 bits per heavy atom. The van der Waals surface area contributed by atoms with Gasteiger partial charge >= 0.3 is 0 Å². The van der Waals surface area contributed by atoms with Gasteiger partial charge in [0.15, 0.2) is 0 Å². The molecule has 108 valence electrons. The van der Waals surface area contributed by atoms with E-state index in [9.17, 15) is 0 Å². The van der Waals surface area contributed by atoms with Gasteiger partial charge in [-0.1, -0.05) is 45.4 Å². The number of benzene rings is 1. The Morgan fingerprint density at radius 3 is 2.37 bits per heavy atom. The lowest BCUT2D eigenvalue weighted by Crippen LogP contribution is -2.25. The van der Waals surface area contributed by atoms with Crippen molar-refractivity contribution in [3.8, 4) is 5.75 Å². The van der Waals surface area contributed by atoms with Crippen molar-refractivity contribution < 1.29 is 4.74 Å². The van der Waals surface area contributed by atoms with Crippen LogP contribution in [0.4, 0.5) is 0 Å². The minimum atomic E-state index is 0.311. The van der Waals surface area contributed by atoms with Gasteiger partial charge in [0.2, 0.25) is 0 Å². The first-order chi connectivity index (χ1) is 8.79. The van der Waals surface area contributed by atoms with Crippen molar-refractivity contribution in [3.63, 3.8) is 0 Å². The molecule has 0 aliphatic carbocycles. The van der Waals surface area contributed by atoms with E-state index in [1.807, 2.05) is 19.2 Å². The number of methoxy groups -OCH3 is 1. The van der Waals surface area contributed by atoms with Crippen molar-refractivity contribution in [2.75, 3.05) is 14.2 Å². The van der Waals surface area contributed by atoms with Crippen molar-refractivity contribution in [1.29, 1.82) is 0 Å². The van der Waals surface area contributed by atoms with E-state index in [2.05, 4.69) is 39.1 Å². The summed E-state index contributed by atoms with van der Waals surface area (Å²) in [7, 11) is 3.64. The highest BCUT2D eigenvalue weighted by atomic mass is 35.5. The van der Waals surface area contributed by atoms with Crippen molar-refractivity contribution in [2.45, 2.75) is 40.2 Å². The van der Waals surface area contributed by atoms with E-state index in [-0.39, 0.29) is 0 Å². The lowest BCUT2D eigenvalue weighted by molar-refractivity contribution is 0.226. The molecule has 3 heteroatoms. The second kappa shape index (κ2) is 6.62. The molecule has 19 heavy (non-hydrogen) atoms. The lowest BCUT2D eigenvalue weighted by atomic mass is 9.77. The zero-order valence-electron chi connectivity index (χ0n) is 12.9. The molecule has 0 aliphatic heterocycles. The van der Waals surface area contributed by atoms with Gasteiger partial charge in [-0.3, -0.25) is 0 Å². The first kappa shape index (κ1) is 16.3. The number of rotatable bonds is 5. The average Bonchev–Trinajstić information content (AvgIpc) is 2.34. The Morgan fingerprint density at radius 1 is 1.32 bits per heavy atom. The highest BCUT2D eigenvalue weighted by Gasteiger charge is 2.24. The van der Waals surface area contributed by atoms with Crippen LogP contribution in [-0.2, 0) is 0 Å². The van der Waals surface area contributed by atoms with E-state index in [1.54, 1.807) is 7.11 Å². The Balaban J connectivity index is 2.89. The minimum absolute atomic E-state index is 0.311. The number of hydrogen-bond acceptors (Lipinski definition) is 2. The summed E-state index contributed by atoms with van der Waals surface area (Å²) in [4.78, 5) is 0. The largest absolute Gasteiger partial charge is 0.495 e. The molecule has 0 amide bonds. The number of ether oxygens (including phenoxy) is 1. The van der Waals surface area contributed by atoms with Crippen LogP contribution < -0.4 is 10.1 Å². The molecule has 0 fully saturated rings. The molecule has 2 unspecified atom stereocenters. The molecule has 1 aromatic rings.